The molecule has 0 aliphatic carbocycles. The number of nitrogens with one attached hydrogen (secondary N) is 1. The third kappa shape index (κ3) is 5.06. The van der Waals surface area contributed by atoms with Gasteiger partial charge in [-0.1, -0.05) is 35.5 Å². The molecule has 0 amide bonds. The number of hydrogen-bond donors (Lipinski definition) is 1. The van der Waals surface area contributed by atoms with Crippen molar-refractivity contribution in [3.8, 4) is 11.4 Å². The summed E-state index contributed by atoms with van der Waals surface area (Å²) in [6.07, 6.45) is 4.66. The van der Waals surface area contributed by atoms with Crippen LogP contribution in [0.1, 0.15) is 12.0 Å². The quantitative estimate of drug-likeness (QED) is 0.603. The second-order valence-electron chi connectivity index (χ2n) is 6.42. The lowest BCUT2D eigenvalue weighted by Crippen LogP contribution is -3.05. The lowest BCUT2D eigenvalue weighted by molar-refractivity contribution is -0.858. The molecule has 0 unspecified atom stereocenters. The minimum atomic E-state index is 0.757. The van der Waals surface area contributed by atoms with E-state index in [4.69, 9.17) is 11.6 Å². The van der Waals surface area contributed by atoms with Crippen molar-refractivity contribution in [2.24, 2.45) is 0 Å². The fourth-order valence-electron chi connectivity index (χ4n) is 2.63. The van der Waals surface area contributed by atoms with Crippen LogP contribution < -0.4 is 4.90 Å². The Morgan fingerprint density at radius 2 is 1.77 bits per heavy atom. The Labute approximate surface area is 163 Å². The zero-order chi connectivity index (χ0) is 18.4. The first-order chi connectivity index (χ1) is 12.6. The molecule has 7 heteroatoms. The molecule has 5 nitrogen and oxygen atoms in total. The molecule has 3 aromatic rings. The molecule has 2 aromatic heterocycles. The van der Waals surface area contributed by atoms with Gasteiger partial charge < -0.3 is 9.47 Å². The highest BCUT2D eigenvalue weighted by Gasteiger charge is 2.14. The summed E-state index contributed by atoms with van der Waals surface area (Å²) < 4.78 is 2.22. The fraction of sp³-hybridized carbons (Fsp3) is 0.316. The third-order valence-corrected chi connectivity index (χ3v) is 5.28. The van der Waals surface area contributed by atoms with Gasteiger partial charge in [-0.25, -0.2) is 0 Å². The number of rotatable bonds is 8. The summed E-state index contributed by atoms with van der Waals surface area (Å²) in [4.78, 5) is 5.54. The van der Waals surface area contributed by atoms with Crippen LogP contribution in [0.3, 0.4) is 0 Å². The van der Waals surface area contributed by atoms with Crippen LogP contribution in [-0.4, -0.2) is 40.4 Å². The third-order valence-electron chi connectivity index (χ3n) is 4.00. The molecular weight excluding hydrogens is 366 g/mol. The Morgan fingerprint density at radius 1 is 1.04 bits per heavy atom. The number of aromatic nitrogens is 4. The van der Waals surface area contributed by atoms with E-state index in [9.17, 15) is 0 Å². The SMILES string of the molecule is C[NH+](C)CCCn1c(SCc2ccc(Cl)cc2)nnc1-c1ccncc1. The number of quaternary nitrogens is 1. The molecule has 3 rings (SSSR count). The van der Waals surface area contributed by atoms with Crippen molar-refractivity contribution in [2.75, 3.05) is 20.6 Å². The van der Waals surface area contributed by atoms with Crippen molar-refractivity contribution in [2.45, 2.75) is 23.9 Å². The number of hydrogen-bond acceptors (Lipinski definition) is 4. The Bertz CT molecular complexity index is 818. The van der Waals surface area contributed by atoms with Crippen LogP contribution >= 0.6 is 23.4 Å². The molecule has 0 saturated carbocycles. The van der Waals surface area contributed by atoms with Gasteiger partial charge in [0.05, 0.1) is 20.6 Å². The summed E-state index contributed by atoms with van der Waals surface area (Å²) in [5.74, 6) is 1.74. The molecule has 0 aliphatic rings. The van der Waals surface area contributed by atoms with Gasteiger partial charge in [0.25, 0.3) is 0 Å². The van der Waals surface area contributed by atoms with E-state index in [-0.39, 0.29) is 0 Å². The number of nitrogens with zero attached hydrogens (tertiary/aromatic N) is 4. The maximum atomic E-state index is 5.97. The highest BCUT2D eigenvalue weighted by Crippen LogP contribution is 2.26. The number of thioether (sulfide) groups is 1. The van der Waals surface area contributed by atoms with E-state index in [1.807, 2.05) is 24.3 Å². The van der Waals surface area contributed by atoms with Gasteiger partial charge in [0.1, 0.15) is 0 Å². The van der Waals surface area contributed by atoms with E-state index in [2.05, 4.69) is 46.0 Å². The molecule has 2 heterocycles. The fourth-order valence-corrected chi connectivity index (χ4v) is 3.68. The van der Waals surface area contributed by atoms with Crippen LogP contribution in [-0.2, 0) is 12.3 Å². The molecule has 0 saturated heterocycles. The van der Waals surface area contributed by atoms with Gasteiger partial charge in [-0.3, -0.25) is 4.98 Å². The van der Waals surface area contributed by atoms with E-state index in [0.29, 0.717) is 0 Å². The Morgan fingerprint density at radius 3 is 2.46 bits per heavy atom. The molecule has 0 atom stereocenters. The van der Waals surface area contributed by atoms with Gasteiger partial charge in [0, 0.05) is 41.7 Å². The average molecular weight is 389 g/mol. The van der Waals surface area contributed by atoms with Crippen LogP contribution in [0.4, 0.5) is 0 Å². The van der Waals surface area contributed by atoms with E-state index in [0.717, 1.165) is 46.8 Å². The van der Waals surface area contributed by atoms with Gasteiger partial charge in [0.2, 0.25) is 0 Å². The normalized spacial score (nSPS) is 11.2. The lowest BCUT2D eigenvalue weighted by Gasteiger charge is -2.12. The second kappa shape index (κ2) is 9.16. The largest absolute Gasteiger partial charge is 0.340 e. The summed E-state index contributed by atoms with van der Waals surface area (Å²) in [6, 6.07) is 11.9. The highest BCUT2D eigenvalue weighted by atomic mass is 35.5. The second-order valence-corrected chi connectivity index (χ2v) is 7.80. The van der Waals surface area contributed by atoms with Crippen LogP contribution in [0, 0.1) is 0 Å². The maximum Gasteiger partial charge on any atom is 0.191 e. The van der Waals surface area contributed by atoms with Gasteiger partial charge >= 0.3 is 0 Å². The van der Waals surface area contributed by atoms with E-state index in [1.54, 1.807) is 24.2 Å². The lowest BCUT2D eigenvalue weighted by atomic mass is 10.2. The molecule has 0 aliphatic heterocycles. The first kappa shape index (κ1) is 18.9. The monoisotopic (exact) mass is 388 g/mol. The van der Waals surface area contributed by atoms with E-state index in [1.165, 1.54) is 10.5 Å². The van der Waals surface area contributed by atoms with Gasteiger partial charge in [0.15, 0.2) is 11.0 Å². The van der Waals surface area contributed by atoms with Crippen molar-refractivity contribution in [3.63, 3.8) is 0 Å². The molecule has 0 bridgehead atoms. The van der Waals surface area contributed by atoms with E-state index >= 15 is 0 Å². The van der Waals surface area contributed by atoms with Crippen molar-refractivity contribution < 1.29 is 4.90 Å². The van der Waals surface area contributed by atoms with Crippen molar-refractivity contribution >= 4 is 23.4 Å². The maximum absolute atomic E-state index is 5.97. The van der Waals surface area contributed by atoms with Gasteiger partial charge in [-0.2, -0.15) is 0 Å². The minimum absolute atomic E-state index is 0.757. The minimum Gasteiger partial charge on any atom is -0.340 e. The molecule has 1 N–H and O–H groups in total. The predicted molar refractivity (Wildman–Crippen MR) is 107 cm³/mol. The van der Waals surface area contributed by atoms with Crippen molar-refractivity contribution in [3.05, 3.63) is 59.4 Å². The number of halogens is 1. The van der Waals surface area contributed by atoms with Gasteiger partial charge in [-0.05, 0) is 29.8 Å². The molecule has 0 radical (unpaired) electrons. The predicted octanol–water partition coefficient (Wildman–Crippen LogP) is 2.82. The molecule has 0 fully saturated rings. The summed E-state index contributed by atoms with van der Waals surface area (Å²) >= 11 is 7.67. The molecular formula is C19H23ClN5S+. The molecule has 136 valence electrons. The standard InChI is InChI=1S/C19H22ClN5S/c1-24(2)12-3-13-25-18(16-8-10-21-11-9-16)22-23-19(25)26-14-15-4-6-17(20)7-5-15/h4-11H,3,12-14H2,1-2H3/p+1. The number of benzene rings is 1. The van der Waals surface area contributed by atoms with Crippen LogP contribution in [0.2, 0.25) is 5.02 Å². The Kier molecular flexibility index (Phi) is 6.66. The van der Waals surface area contributed by atoms with E-state index < -0.39 is 0 Å². The first-order valence-electron chi connectivity index (χ1n) is 8.63. The summed E-state index contributed by atoms with van der Waals surface area (Å²) in [5.41, 5.74) is 2.26. The van der Waals surface area contributed by atoms with Crippen LogP contribution in [0.5, 0.6) is 0 Å². The van der Waals surface area contributed by atoms with Gasteiger partial charge in [-0.15, -0.1) is 10.2 Å². The summed E-state index contributed by atoms with van der Waals surface area (Å²) in [6.45, 7) is 2.01. The first-order valence-corrected chi connectivity index (χ1v) is 9.99. The number of pyridine rings is 1. The zero-order valence-electron chi connectivity index (χ0n) is 15.0. The molecule has 0 spiro atoms. The van der Waals surface area contributed by atoms with Crippen LogP contribution in [0.25, 0.3) is 11.4 Å². The zero-order valence-corrected chi connectivity index (χ0v) is 16.6. The van der Waals surface area contributed by atoms with Crippen molar-refractivity contribution in [1.29, 1.82) is 0 Å². The molecule has 1 aromatic carbocycles. The Hall–Kier alpha value is -1.89. The smallest absolute Gasteiger partial charge is 0.191 e. The summed E-state index contributed by atoms with van der Waals surface area (Å²) in [7, 11) is 4.35. The molecule has 26 heavy (non-hydrogen) atoms. The highest BCUT2D eigenvalue weighted by molar-refractivity contribution is 7.98. The average Bonchev–Trinajstić information content (AvgIpc) is 3.04. The summed E-state index contributed by atoms with van der Waals surface area (Å²) in [5, 5.41) is 10.6. The Balaban J connectivity index is 1.79. The van der Waals surface area contributed by atoms with Crippen LogP contribution in [0.15, 0.2) is 53.9 Å². The topological polar surface area (TPSA) is 48.0 Å². The van der Waals surface area contributed by atoms with Crippen molar-refractivity contribution in [1.82, 2.24) is 19.7 Å².